The van der Waals surface area contributed by atoms with Gasteiger partial charge in [0.25, 0.3) is 0 Å². The van der Waals surface area contributed by atoms with Crippen molar-refractivity contribution in [3.8, 4) is 10.4 Å². The Balaban J connectivity index is 2.36. The summed E-state index contributed by atoms with van der Waals surface area (Å²) in [6.07, 6.45) is 0. The lowest BCUT2D eigenvalue weighted by Crippen LogP contribution is -2.05. The van der Waals surface area contributed by atoms with Crippen molar-refractivity contribution >= 4 is 22.9 Å². The zero-order valence-electron chi connectivity index (χ0n) is 8.76. The van der Waals surface area contributed by atoms with E-state index in [0.717, 1.165) is 10.4 Å². The van der Waals surface area contributed by atoms with E-state index in [1.807, 2.05) is 19.2 Å². The van der Waals surface area contributed by atoms with Gasteiger partial charge in [-0.2, -0.15) is 0 Å². The molecule has 0 aliphatic carbocycles. The summed E-state index contributed by atoms with van der Waals surface area (Å²) >= 11 is 7.21. The lowest BCUT2D eigenvalue weighted by atomic mass is 10.1. The summed E-state index contributed by atoms with van der Waals surface area (Å²) in [6, 6.07) is 8.89. The zero-order chi connectivity index (χ0) is 11.5. The minimum absolute atomic E-state index is 0.203. The Morgan fingerprint density at radius 3 is 2.69 bits per heavy atom. The molecule has 1 N–H and O–H groups in total. The molecule has 16 heavy (non-hydrogen) atoms. The topological polar surface area (TPSA) is 12.0 Å². The van der Waals surface area contributed by atoms with E-state index in [9.17, 15) is 4.39 Å². The number of halogens is 2. The van der Waals surface area contributed by atoms with Crippen LogP contribution in [0.4, 0.5) is 4.39 Å². The van der Waals surface area contributed by atoms with Gasteiger partial charge in [-0.1, -0.05) is 23.7 Å². The maximum Gasteiger partial charge on any atom is 0.132 e. The summed E-state index contributed by atoms with van der Waals surface area (Å²) in [4.78, 5) is 0.860. The first kappa shape index (κ1) is 11.6. The van der Waals surface area contributed by atoms with E-state index in [1.165, 1.54) is 11.3 Å². The first-order chi connectivity index (χ1) is 7.70. The molecule has 0 aliphatic rings. The van der Waals surface area contributed by atoms with E-state index in [2.05, 4.69) is 5.32 Å². The largest absolute Gasteiger partial charge is 0.316 e. The van der Waals surface area contributed by atoms with Crippen molar-refractivity contribution in [2.75, 3.05) is 7.05 Å². The first-order valence-corrected chi connectivity index (χ1v) is 6.09. The second kappa shape index (κ2) is 4.95. The fourth-order valence-electron chi connectivity index (χ4n) is 1.53. The van der Waals surface area contributed by atoms with Crippen LogP contribution < -0.4 is 5.32 Å². The molecule has 0 saturated heterocycles. The second-order valence-electron chi connectivity index (χ2n) is 3.45. The van der Waals surface area contributed by atoms with Crippen molar-refractivity contribution in [1.29, 1.82) is 0 Å². The molecule has 1 aromatic heterocycles. The molecule has 1 heterocycles. The Bertz CT molecular complexity index is 496. The van der Waals surface area contributed by atoms with Gasteiger partial charge in [-0.25, -0.2) is 4.39 Å². The van der Waals surface area contributed by atoms with Crippen molar-refractivity contribution in [1.82, 2.24) is 5.32 Å². The number of nitrogens with one attached hydrogen (secondary N) is 1. The van der Waals surface area contributed by atoms with Gasteiger partial charge in [0.05, 0.1) is 4.34 Å². The molecule has 2 rings (SSSR count). The van der Waals surface area contributed by atoms with Gasteiger partial charge in [-0.05, 0) is 30.8 Å². The van der Waals surface area contributed by atoms with Crippen LogP contribution in [-0.2, 0) is 6.54 Å². The third-order valence-corrected chi connectivity index (χ3v) is 3.52. The van der Waals surface area contributed by atoms with Crippen LogP contribution in [0, 0.1) is 5.82 Å². The third-order valence-electron chi connectivity index (χ3n) is 2.25. The van der Waals surface area contributed by atoms with Gasteiger partial charge in [0.15, 0.2) is 0 Å². The van der Waals surface area contributed by atoms with Gasteiger partial charge >= 0.3 is 0 Å². The van der Waals surface area contributed by atoms with Crippen LogP contribution in [0.15, 0.2) is 30.3 Å². The van der Waals surface area contributed by atoms with E-state index in [4.69, 9.17) is 11.6 Å². The average molecular weight is 256 g/mol. The van der Waals surface area contributed by atoms with Gasteiger partial charge in [-0.3, -0.25) is 0 Å². The van der Waals surface area contributed by atoms with E-state index in [1.54, 1.807) is 18.2 Å². The normalized spacial score (nSPS) is 10.7. The summed E-state index contributed by atoms with van der Waals surface area (Å²) in [5.74, 6) is -0.203. The number of hydrogen-bond acceptors (Lipinski definition) is 2. The molecule has 0 amide bonds. The summed E-state index contributed by atoms with van der Waals surface area (Å²) in [5.41, 5.74) is 1.54. The fraction of sp³-hybridized carbons (Fsp3) is 0.167. The number of rotatable bonds is 3. The average Bonchev–Trinajstić information content (AvgIpc) is 2.65. The maximum atomic E-state index is 13.8. The molecule has 0 bridgehead atoms. The molecule has 0 spiro atoms. The summed E-state index contributed by atoms with van der Waals surface area (Å²) in [7, 11) is 1.84. The number of thiophene rings is 1. The van der Waals surface area contributed by atoms with Crippen LogP contribution >= 0.6 is 22.9 Å². The van der Waals surface area contributed by atoms with E-state index >= 15 is 0 Å². The SMILES string of the molecule is CNCc1ccc(-c2ccc(Cl)s2)c(F)c1. The third kappa shape index (κ3) is 2.43. The Labute approximate surface area is 103 Å². The van der Waals surface area contributed by atoms with Gasteiger partial charge in [0.2, 0.25) is 0 Å². The van der Waals surface area contributed by atoms with E-state index in [-0.39, 0.29) is 5.82 Å². The van der Waals surface area contributed by atoms with Crippen molar-refractivity contribution < 1.29 is 4.39 Å². The van der Waals surface area contributed by atoms with E-state index < -0.39 is 0 Å². The van der Waals surface area contributed by atoms with E-state index in [0.29, 0.717) is 16.4 Å². The van der Waals surface area contributed by atoms with Gasteiger partial charge in [0.1, 0.15) is 5.82 Å². The van der Waals surface area contributed by atoms with Gasteiger partial charge in [-0.15, -0.1) is 11.3 Å². The van der Waals surface area contributed by atoms with Crippen LogP contribution in [-0.4, -0.2) is 7.05 Å². The molecule has 0 atom stereocenters. The summed E-state index contributed by atoms with van der Waals surface area (Å²) in [5, 5.41) is 2.99. The lowest BCUT2D eigenvalue weighted by Gasteiger charge is -2.04. The quantitative estimate of drug-likeness (QED) is 0.876. The molecule has 0 radical (unpaired) electrons. The number of benzene rings is 1. The number of hydrogen-bond donors (Lipinski definition) is 1. The van der Waals surface area contributed by atoms with Crippen molar-refractivity contribution in [3.63, 3.8) is 0 Å². The molecular weight excluding hydrogens is 245 g/mol. The molecule has 0 fully saturated rings. The highest BCUT2D eigenvalue weighted by Crippen LogP contribution is 2.32. The first-order valence-electron chi connectivity index (χ1n) is 4.89. The Morgan fingerprint density at radius 1 is 1.31 bits per heavy atom. The van der Waals surface area contributed by atoms with Crippen LogP contribution in [0.1, 0.15) is 5.56 Å². The Hall–Kier alpha value is -0.900. The standard InChI is InChI=1S/C12H11ClFNS/c1-15-7-8-2-3-9(10(14)6-8)11-4-5-12(13)16-11/h2-6,15H,7H2,1H3. The zero-order valence-corrected chi connectivity index (χ0v) is 10.3. The van der Waals surface area contributed by atoms with Crippen molar-refractivity contribution in [3.05, 3.63) is 46.0 Å². The fourth-order valence-corrected chi connectivity index (χ4v) is 2.60. The molecule has 2 aromatic rings. The van der Waals surface area contributed by atoms with Crippen LogP contribution in [0.3, 0.4) is 0 Å². The second-order valence-corrected chi connectivity index (χ2v) is 5.16. The molecule has 1 aromatic carbocycles. The molecule has 4 heteroatoms. The smallest absolute Gasteiger partial charge is 0.132 e. The minimum atomic E-state index is -0.203. The van der Waals surface area contributed by atoms with Crippen molar-refractivity contribution in [2.45, 2.75) is 6.54 Å². The molecule has 84 valence electrons. The van der Waals surface area contributed by atoms with Crippen LogP contribution in [0.2, 0.25) is 4.34 Å². The summed E-state index contributed by atoms with van der Waals surface area (Å²) in [6.45, 7) is 0.669. The lowest BCUT2D eigenvalue weighted by molar-refractivity contribution is 0.627. The molecule has 1 nitrogen and oxygen atoms in total. The van der Waals surface area contributed by atoms with Crippen molar-refractivity contribution in [2.24, 2.45) is 0 Å². The van der Waals surface area contributed by atoms with Crippen LogP contribution in [0.5, 0.6) is 0 Å². The molecular formula is C12H11ClFNS. The minimum Gasteiger partial charge on any atom is -0.316 e. The highest BCUT2D eigenvalue weighted by Gasteiger charge is 2.08. The van der Waals surface area contributed by atoms with Crippen LogP contribution in [0.25, 0.3) is 10.4 Å². The Morgan fingerprint density at radius 2 is 2.12 bits per heavy atom. The summed E-state index contributed by atoms with van der Waals surface area (Å²) < 4.78 is 14.5. The highest BCUT2D eigenvalue weighted by atomic mass is 35.5. The molecule has 0 saturated carbocycles. The van der Waals surface area contributed by atoms with Gasteiger partial charge in [0, 0.05) is 17.0 Å². The Kier molecular flexibility index (Phi) is 3.59. The maximum absolute atomic E-state index is 13.8. The van der Waals surface area contributed by atoms with Gasteiger partial charge < -0.3 is 5.32 Å². The highest BCUT2D eigenvalue weighted by molar-refractivity contribution is 7.19. The molecule has 0 aliphatic heterocycles. The monoisotopic (exact) mass is 255 g/mol. The molecule has 0 unspecified atom stereocenters. The predicted molar refractivity (Wildman–Crippen MR) is 67.5 cm³/mol. The predicted octanol–water partition coefficient (Wildman–Crippen LogP) is 3.93.